The van der Waals surface area contributed by atoms with Crippen LogP contribution in [-0.2, 0) is 11.3 Å². The van der Waals surface area contributed by atoms with Gasteiger partial charge >= 0.3 is 0 Å². The SMILES string of the molecule is Cc1ccc(C(c2ccc(Cl)cc2)N2CCN(Cc3nc(N[C@@H](CCCCN(C)C)C(N)=O)c4ccccc4n3)CC2)cc1. The summed E-state index contributed by atoms with van der Waals surface area (Å²) in [6.45, 7) is 7.34. The Labute approximate surface area is 266 Å². The average Bonchev–Trinajstić information content (AvgIpc) is 3.01. The van der Waals surface area contributed by atoms with E-state index < -0.39 is 6.04 Å². The van der Waals surface area contributed by atoms with Gasteiger partial charge < -0.3 is 16.0 Å². The van der Waals surface area contributed by atoms with Gasteiger partial charge in [-0.2, -0.15) is 0 Å². The largest absolute Gasteiger partial charge is 0.368 e. The van der Waals surface area contributed by atoms with Gasteiger partial charge in [-0.05, 0) is 82.2 Å². The highest BCUT2D eigenvalue weighted by Crippen LogP contribution is 2.31. The number of nitrogens with two attached hydrogens (primary N) is 1. The number of primary amides is 1. The third kappa shape index (κ3) is 8.33. The molecule has 1 aromatic heterocycles. The van der Waals surface area contributed by atoms with Crippen molar-refractivity contribution in [1.29, 1.82) is 0 Å². The lowest BCUT2D eigenvalue weighted by Crippen LogP contribution is -2.47. The molecule has 44 heavy (non-hydrogen) atoms. The van der Waals surface area contributed by atoms with Crippen LogP contribution in [0.25, 0.3) is 10.9 Å². The number of hydrogen-bond donors (Lipinski definition) is 2. The van der Waals surface area contributed by atoms with Gasteiger partial charge in [-0.25, -0.2) is 9.97 Å². The summed E-state index contributed by atoms with van der Waals surface area (Å²) in [6, 6.07) is 24.7. The van der Waals surface area contributed by atoms with Gasteiger partial charge in [0, 0.05) is 36.6 Å². The molecule has 0 saturated carbocycles. The zero-order valence-electron chi connectivity index (χ0n) is 26.0. The Hall–Kier alpha value is -3.56. The van der Waals surface area contributed by atoms with Crippen molar-refractivity contribution in [2.75, 3.05) is 52.1 Å². The number of nitrogens with one attached hydrogen (secondary N) is 1. The lowest BCUT2D eigenvalue weighted by Gasteiger charge is -2.39. The third-order valence-electron chi connectivity index (χ3n) is 8.37. The molecular formula is C35H44ClN7O. The van der Waals surface area contributed by atoms with Gasteiger partial charge in [0.15, 0.2) is 0 Å². The van der Waals surface area contributed by atoms with Gasteiger partial charge in [0.2, 0.25) is 5.91 Å². The molecule has 1 saturated heterocycles. The van der Waals surface area contributed by atoms with Crippen molar-refractivity contribution in [2.45, 2.75) is 44.8 Å². The number of hydrogen-bond acceptors (Lipinski definition) is 7. The number of nitrogens with zero attached hydrogens (tertiary/aromatic N) is 5. The summed E-state index contributed by atoms with van der Waals surface area (Å²) in [7, 11) is 4.11. The van der Waals surface area contributed by atoms with Crippen molar-refractivity contribution in [3.8, 4) is 0 Å². The number of piperazine rings is 1. The molecule has 8 nitrogen and oxygen atoms in total. The van der Waals surface area contributed by atoms with Crippen LogP contribution in [0, 0.1) is 6.92 Å². The zero-order valence-corrected chi connectivity index (χ0v) is 26.8. The van der Waals surface area contributed by atoms with Crippen LogP contribution in [0.2, 0.25) is 5.02 Å². The molecule has 5 rings (SSSR count). The van der Waals surface area contributed by atoms with E-state index in [2.05, 4.69) is 77.4 Å². The number of carbonyl (C=O) groups is 1. The number of carbonyl (C=O) groups excluding carboxylic acids is 1. The minimum atomic E-state index is -0.488. The standard InChI is InChI=1S/C35H44ClN7O/c1-25-11-13-26(14-12-25)33(27-15-17-28(36)18-16-27)43-22-20-42(21-23-43)24-32-38-30-9-5-4-8-29(30)35(40-32)39-31(34(37)44)10-6-7-19-41(2)3/h4-5,8-9,11-18,31,33H,6-7,10,19-24H2,1-3H3,(H2,37,44)(H,38,39,40)/t31-,33?/m0/s1. The van der Waals surface area contributed by atoms with Crippen molar-refractivity contribution in [3.63, 3.8) is 0 Å². The van der Waals surface area contributed by atoms with E-state index in [0.29, 0.717) is 18.8 Å². The Morgan fingerprint density at radius 2 is 1.59 bits per heavy atom. The summed E-state index contributed by atoms with van der Waals surface area (Å²) in [5.41, 5.74) is 10.5. The molecule has 1 amide bonds. The first-order chi connectivity index (χ1) is 21.3. The molecule has 0 bridgehead atoms. The number of aromatic nitrogens is 2. The normalized spacial score (nSPS) is 15.8. The fraction of sp³-hybridized carbons (Fsp3) is 0.400. The van der Waals surface area contributed by atoms with Crippen LogP contribution in [0.5, 0.6) is 0 Å². The Morgan fingerprint density at radius 3 is 2.25 bits per heavy atom. The Kier molecular flexibility index (Phi) is 10.8. The summed E-state index contributed by atoms with van der Waals surface area (Å²) in [4.78, 5) is 29.3. The number of aryl methyl sites for hydroxylation is 1. The smallest absolute Gasteiger partial charge is 0.239 e. The van der Waals surface area contributed by atoms with Gasteiger partial charge in [-0.3, -0.25) is 14.6 Å². The van der Waals surface area contributed by atoms with Gasteiger partial charge in [0.25, 0.3) is 0 Å². The van der Waals surface area contributed by atoms with E-state index >= 15 is 0 Å². The summed E-state index contributed by atoms with van der Waals surface area (Å²) in [6.07, 6.45) is 2.57. The highest BCUT2D eigenvalue weighted by molar-refractivity contribution is 6.30. The van der Waals surface area contributed by atoms with Crippen molar-refractivity contribution in [2.24, 2.45) is 5.73 Å². The first kappa shape index (κ1) is 31.9. The van der Waals surface area contributed by atoms with E-state index in [9.17, 15) is 4.79 Å². The number of para-hydroxylation sites is 1. The van der Waals surface area contributed by atoms with Crippen molar-refractivity contribution >= 4 is 34.2 Å². The van der Waals surface area contributed by atoms with Crippen LogP contribution in [0.4, 0.5) is 5.82 Å². The van der Waals surface area contributed by atoms with Gasteiger partial charge in [0.05, 0.1) is 18.1 Å². The second kappa shape index (κ2) is 14.9. The molecular weight excluding hydrogens is 570 g/mol. The monoisotopic (exact) mass is 613 g/mol. The van der Waals surface area contributed by atoms with Crippen LogP contribution in [0.15, 0.2) is 72.8 Å². The fourth-order valence-corrected chi connectivity index (χ4v) is 6.05. The van der Waals surface area contributed by atoms with Crippen molar-refractivity contribution in [1.82, 2.24) is 24.7 Å². The Bertz CT molecular complexity index is 1470. The number of unbranched alkanes of at least 4 members (excludes halogenated alkanes) is 1. The molecule has 0 spiro atoms. The molecule has 4 aromatic rings. The van der Waals surface area contributed by atoms with E-state index in [1.165, 1.54) is 16.7 Å². The van der Waals surface area contributed by atoms with E-state index in [-0.39, 0.29) is 11.9 Å². The summed E-state index contributed by atoms with van der Waals surface area (Å²) < 4.78 is 0. The third-order valence-corrected chi connectivity index (χ3v) is 8.62. The molecule has 2 atom stereocenters. The highest BCUT2D eigenvalue weighted by atomic mass is 35.5. The quantitative estimate of drug-likeness (QED) is 0.193. The predicted octanol–water partition coefficient (Wildman–Crippen LogP) is 5.50. The number of anilines is 1. The zero-order chi connectivity index (χ0) is 31.1. The lowest BCUT2D eigenvalue weighted by atomic mass is 9.95. The maximum atomic E-state index is 12.4. The molecule has 1 fully saturated rings. The van der Waals surface area contributed by atoms with E-state index in [1.807, 2.05) is 36.4 Å². The summed E-state index contributed by atoms with van der Waals surface area (Å²) in [5, 5.41) is 5.02. The minimum Gasteiger partial charge on any atom is -0.368 e. The van der Waals surface area contributed by atoms with Gasteiger partial charge in [0.1, 0.15) is 17.7 Å². The molecule has 1 unspecified atom stereocenters. The second-order valence-corrected chi connectivity index (χ2v) is 12.5. The van der Waals surface area contributed by atoms with Gasteiger partial charge in [-0.15, -0.1) is 0 Å². The van der Waals surface area contributed by atoms with Crippen molar-refractivity contribution in [3.05, 3.63) is 100 Å². The first-order valence-corrected chi connectivity index (χ1v) is 15.9. The lowest BCUT2D eigenvalue weighted by molar-refractivity contribution is -0.118. The first-order valence-electron chi connectivity index (χ1n) is 15.5. The average molecular weight is 614 g/mol. The van der Waals surface area contributed by atoms with E-state index in [0.717, 1.165) is 67.3 Å². The molecule has 1 aliphatic rings. The highest BCUT2D eigenvalue weighted by Gasteiger charge is 2.27. The van der Waals surface area contributed by atoms with Crippen LogP contribution in [0.1, 0.15) is 47.8 Å². The molecule has 3 aromatic carbocycles. The molecule has 232 valence electrons. The van der Waals surface area contributed by atoms with Crippen LogP contribution in [-0.4, -0.2) is 83.4 Å². The molecule has 9 heteroatoms. The topological polar surface area (TPSA) is 90.6 Å². The number of amides is 1. The summed E-state index contributed by atoms with van der Waals surface area (Å²) in [5.74, 6) is 1.05. The fourth-order valence-electron chi connectivity index (χ4n) is 5.92. The molecule has 2 heterocycles. The molecule has 0 aliphatic carbocycles. The Morgan fingerprint density at radius 1 is 0.932 bits per heavy atom. The van der Waals surface area contributed by atoms with Gasteiger partial charge in [-0.1, -0.05) is 65.7 Å². The van der Waals surface area contributed by atoms with Crippen molar-refractivity contribution < 1.29 is 4.79 Å². The molecule has 1 aliphatic heterocycles. The predicted molar refractivity (Wildman–Crippen MR) is 180 cm³/mol. The summed E-state index contributed by atoms with van der Waals surface area (Å²) >= 11 is 6.23. The Balaban J connectivity index is 1.29. The van der Waals surface area contributed by atoms with Crippen LogP contribution >= 0.6 is 11.6 Å². The number of rotatable bonds is 13. The van der Waals surface area contributed by atoms with Crippen LogP contribution < -0.4 is 11.1 Å². The molecule has 3 N–H and O–H groups in total. The second-order valence-electron chi connectivity index (χ2n) is 12.1. The van der Waals surface area contributed by atoms with E-state index in [4.69, 9.17) is 27.3 Å². The maximum absolute atomic E-state index is 12.4. The number of benzene rings is 3. The number of halogens is 1. The number of fused-ring (bicyclic) bond motifs is 1. The maximum Gasteiger partial charge on any atom is 0.239 e. The molecule has 0 radical (unpaired) electrons. The van der Waals surface area contributed by atoms with E-state index in [1.54, 1.807) is 0 Å². The van der Waals surface area contributed by atoms with Crippen LogP contribution in [0.3, 0.4) is 0 Å². The minimum absolute atomic E-state index is 0.159.